The van der Waals surface area contributed by atoms with Crippen LogP contribution in [0.1, 0.15) is 25.3 Å². The van der Waals surface area contributed by atoms with E-state index in [0.29, 0.717) is 31.7 Å². The van der Waals surface area contributed by atoms with E-state index in [1.165, 1.54) is 12.7 Å². The van der Waals surface area contributed by atoms with Gasteiger partial charge in [-0.3, -0.25) is 9.59 Å². The number of esters is 2. The zero-order valence-electron chi connectivity index (χ0n) is 13.7. The zero-order chi connectivity index (χ0) is 16.9. The van der Waals surface area contributed by atoms with Gasteiger partial charge >= 0.3 is 11.9 Å². The summed E-state index contributed by atoms with van der Waals surface area (Å²) in [5, 5.41) is 3.15. The quantitative estimate of drug-likeness (QED) is 0.493. The summed E-state index contributed by atoms with van der Waals surface area (Å²) < 4.78 is 9.69. The summed E-state index contributed by atoms with van der Waals surface area (Å²) in [5.41, 5.74) is 1.23. The maximum Gasteiger partial charge on any atom is 0.323 e. The van der Waals surface area contributed by atoms with Crippen molar-refractivity contribution in [2.24, 2.45) is 0 Å². The van der Waals surface area contributed by atoms with Crippen LogP contribution in [0.15, 0.2) is 30.3 Å². The van der Waals surface area contributed by atoms with Gasteiger partial charge in [0.1, 0.15) is 6.04 Å². The van der Waals surface area contributed by atoms with E-state index in [4.69, 9.17) is 9.47 Å². The molecule has 0 radical (unpaired) electrons. The summed E-state index contributed by atoms with van der Waals surface area (Å²) >= 11 is 1.68. The molecular formula is C17H25NO4S. The number of nitrogens with one attached hydrogen (secondary N) is 1. The molecule has 0 amide bonds. The maximum absolute atomic E-state index is 11.8. The van der Waals surface area contributed by atoms with Crippen molar-refractivity contribution in [3.63, 3.8) is 0 Å². The predicted octanol–water partition coefficient (Wildman–Crippen LogP) is 2.39. The Hall–Kier alpha value is -1.53. The molecule has 1 unspecified atom stereocenters. The highest BCUT2D eigenvalue weighted by Crippen LogP contribution is 2.13. The Kier molecular flexibility index (Phi) is 10.2. The Bertz CT molecular complexity index is 467. The Labute approximate surface area is 142 Å². The molecule has 0 saturated carbocycles. The van der Waals surface area contributed by atoms with Crippen LogP contribution in [0.2, 0.25) is 0 Å². The molecule has 0 saturated heterocycles. The van der Waals surface area contributed by atoms with Gasteiger partial charge in [-0.2, -0.15) is 11.8 Å². The van der Waals surface area contributed by atoms with E-state index in [-0.39, 0.29) is 18.0 Å². The lowest BCUT2D eigenvalue weighted by Crippen LogP contribution is -2.40. The van der Waals surface area contributed by atoms with E-state index in [9.17, 15) is 9.59 Å². The van der Waals surface area contributed by atoms with E-state index in [2.05, 4.69) is 17.4 Å². The average molecular weight is 339 g/mol. The molecule has 0 fully saturated rings. The van der Waals surface area contributed by atoms with Crippen LogP contribution in [-0.4, -0.2) is 44.0 Å². The van der Waals surface area contributed by atoms with Gasteiger partial charge in [0.05, 0.1) is 13.7 Å². The van der Waals surface area contributed by atoms with Gasteiger partial charge in [-0.05, 0) is 25.5 Å². The molecule has 1 aromatic carbocycles. The fraction of sp³-hybridized carbons (Fsp3) is 0.529. The number of thioether (sulfide) groups is 1. The summed E-state index contributed by atoms with van der Waals surface area (Å²) in [7, 11) is 1.39. The van der Waals surface area contributed by atoms with Gasteiger partial charge < -0.3 is 14.8 Å². The van der Waals surface area contributed by atoms with E-state index in [1.807, 2.05) is 18.2 Å². The average Bonchev–Trinajstić information content (AvgIpc) is 2.57. The summed E-state index contributed by atoms with van der Waals surface area (Å²) in [6.07, 6.45) is 0.988. The van der Waals surface area contributed by atoms with Crippen molar-refractivity contribution >= 4 is 23.7 Å². The van der Waals surface area contributed by atoms with Crippen molar-refractivity contribution < 1.29 is 19.1 Å². The highest BCUT2D eigenvalue weighted by Gasteiger charge is 2.18. The standard InChI is InChI=1S/C17H25NO4S/c1-3-22-16(19)10-7-11-18-15(17(20)21-2)13-23-12-14-8-5-4-6-9-14/h4-6,8-9,15,18H,3,7,10-13H2,1-2H3. The Morgan fingerprint density at radius 1 is 1.26 bits per heavy atom. The van der Waals surface area contributed by atoms with Gasteiger partial charge in [-0.25, -0.2) is 0 Å². The number of hydrogen-bond acceptors (Lipinski definition) is 6. The normalized spacial score (nSPS) is 11.7. The number of ether oxygens (including phenoxy) is 2. The molecule has 1 N–H and O–H groups in total. The molecule has 128 valence electrons. The van der Waals surface area contributed by atoms with Gasteiger partial charge in [0.25, 0.3) is 0 Å². The molecule has 1 aromatic rings. The molecule has 0 heterocycles. The molecule has 6 heteroatoms. The second-order valence-corrected chi connectivity index (χ2v) is 5.97. The second-order valence-electron chi connectivity index (χ2n) is 4.94. The van der Waals surface area contributed by atoms with Crippen LogP contribution in [0, 0.1) is 0 Å². The van der Waals surface area contributed by atoms with E-state index < -0.39 is 0 Å². The van der Waals surface area contributed by atoms with Gasteiger partial charge in [-0.1, -0.05) is 30.3 Å². The minimum Gasteiger partial charge on any atom is -0.468 e. The molecule has 0 bridgehead atoms. The highest BCUT2D eigenvalue weighted by atomic mass is 32.2. The Balaban J connectivity index is 2.29. The lowest BCUT2D eigenvalue weighted by molar-refractivity contribution is -0.143. The topological polar surface area (TPSA) is 64.6 Å². The first-order valence-corrected chi connectivity index (χ1v) is 8.91. The molecule has 23 heavy (non-hydrogen) atoms. The number of carbonyl (C=O) groups excluding carboxylic acids is 2. The monoisotopic (exact) mass is 339 g/mol. The van der Waals surface area contributed by atoms with Gasteiger partial charge in [0.15, 0.2) is 0 Å². The number of benzene rings is 1. The lowest BCUT2D eigenvalue weighted by atomic mass is 10.2. The summed E-state index contributed by atoms with van der Waals surface area (Å²) in [6, 6.07) is 9.75. The second kappa shape index (κ2) is 12.0. The van der Waals surface area contributed by atoms with E-state index in [0.717, 1.165) is 5.75 Å². The molecule has 5 nitrogen and oxygen atoms in total. The number of rotatable bonds is 11. The van der Waals surface area contributed by atoms with E-state index >= 15 is 0 Å². The van der Waals surface area contributed by atoms with Crippen LogP contribution >= 0.6 is 11.8 Å². The predicted molar refractivity (Wildman–Crippen MR) is 92.3 cm³/mol. The van der Waals surface area contributed by atoms with Crippen LogP contribution in [-0.2, 0) is 24.8 Å². The number of carbonyl (C=O) groups is 2. The third-order valence-corrected chi connectivity index (χ3v) is 4.24. The molecule has 0 spiro atoms. The first-order valence-electron chi connectivity index (χ1n) is 7.75. The third kappa shape index (κ3) is 8.62. The first kappa shape index (κ1) is 19.5. The first-order chi connectivity index (χ1) is 11.2. The van der Waals surface area contributed by atoms with Crippen LogP contribution in [0.5, 0.6) is 0 Å². The molecule has 0 aliphatic rings. The van der Waals surface area contributed by atoms with Crippen molar-refractivity contribution in [3.05, 3.63) is 35.9 Å². The van der Waals surface area contributed by atoms with Crippen LogP contribution < -0.4 is 5.32 Å². The largest absolute Gasteiger partial charge is 0.468 e. The fourth-order valence-corrected chi connectivity index (χ4v) is 3.00. The van der Waals surface area contributed by atoms with Crippen molar-refractivity contribution in [2.45, 2.75) is 31.6 Å². The summed E-state index contributed by atoms with van der Waals surface area (Å²) in [6.45, 7) is 2.76. The van der Waals surface area contributed by atoms with Gasteiger partial charge in [0, 0.05) is 17.9 Å². The smallest absolute Gasteiger partial charge is 0.323 e. The zero-order valence-corrected chi connectivity index (χ0v) is 14.6. The summed E-state index contributed by atoms with van der Waals surface area (Å²) in [5.74, 6) is 0.990. The Morgan fingerprint density at radius 2 is 2.00 bits per heavy atom. The molecule has 0 aliphatic carbocycles. The van der Waals surface area contributed by atoms with Gasteiger partial charge in [0.2, 0.25) is 0 Å². The Morgan fingerprint density at radius 3 is 2.65 bits per heavy atom. The minimum absolute atomic E-state index is 0.206. The number of methoxy groups -OCH3 is 1. The minimum atomic E-state index is -0.365. The number of hydrogen-bond donors (Lipinski definition) is 1. The maximum atomic E-state index is 11.8. The van der Waals surface area contributed by atoms with Crippen LogP contribution in [0.4, 0.5) is 0 Å². The third-order valence-electron chi connectivity index (χ3n) is 3.14. The van der Waals surface area contributed by atoms with Crippen molar-refractivity contribution in [3.8, 4) is 0 Å². The van der Waals surface area contributed by atoms with Gasteiger partial charge in [-0.15, -0.1) is 0 Å². The molecule has 1 atom stereocenters. The van der Waals surface area contributed by atoms with Crippen molar-refractivity contribution in [2.75, 3.05) is 26.0 Å². The highest BCUT2D eigenvalue weighted by molar-refractivity contribution is 7.98. The van der Waals surface area contributed by atoms with E-state index in [1.54, 1.807) is 18.7 Å². The SMILES string of the molecule is CCOC(=O)CCCNC(CSCc1ccccc1)C(=O)OC. The molecule has 0 aromatic heterocycles. The fourth-order valence-electron chi connectivity index (χ4n) is 1.96. The van der Waals surface area contributed by atoms with Crippen LogP contribution in [0.3, 0.4) is 0 Å². The lowest BCUT2D eigenvalue weighted by Gasteiger charge is -2.16. The van der Waals surface area contributed by atoms with Crippen molar-refractivity contribution in [1.29, 1.82) is 0 Å². The summed E-state index contributed by atoms with van der Waals surface area (Å²) in [4.78, 5) is 23.1. The molecule has 0 aliphatic heterocycles. The molecular weight excluding hydrogens is 314 g/mol. The molecule has 1 rings (SSSR count). The van der Waals surface area contributed by atoms with Crippen molar-refractivity contribution in [1.82, 2.24) is 5.32 Å². The van der Waals surface area contributed by atoms with Crippen LogP contribution in [0.25, 0.3) is 0 Å².